The summed E-state index contributed by atoms with van der Waals surface area (Å²) in [7, 11) is 1.95. The Kier molecular flexibility index (Phi) is 4.61. The van der Waals surface area contributed by atoms with Gasteiger partial charge >= 0.3 is 0 Å². The van der Waals surface area contributed by atoms with Gasteiger partial charge in [-0.3, -0.25) is 0 Å². The molecule has 0 radical (unpaired) electrons. The van der Waals surface area contributed by atoms with Crippen molar-refractivity contribution in [1.29, 1.82) is 0 Å². The fourth-order valence-electron chi connectivity index (χ4n) is 1.95. The van der Waals surface area contributed by atoms with Crippen molar-refractivity contribution in [2.75, 3.05) is 7.05 Å². The van der Waals surface area contributed by atoms with E-state index in [0.717, 1.165) is 11.6 Å². The molecule has 0 atom stereocenters. The first-order chi connectivity index (χ1) is 9.10. The van der Waals surface area contributed by atoms with Crippen molar-refractivity contribution in [3.05, 3.63) is 52.7 Å². The van der Waals surface area contributed by atoms with Gasteiger partial charge < -0.3 is 5.32 Å². The molecule has 2 aromatic rings. The summed E-state index contributed by atoms with van der Waals surface area (Å²) in [4.78, 5) is 5.87. The van der Waals surface area contributed by atoms with E-state index in [9.17, 15) is 0 Å². The molecular weight excluding hydrogens is 252 g/mol. The van der Waals surface area contributed by atoms with Crippen LogP contribution in [-0.2, 0) is 6.54 Å². The van der Waals surface area contributed by atoms with Crippen LogP contribution in [0, 0.1) is 20.8 Å². The van der Waals surface area contributed by atoms with Gasteiger partial charge in [-0.25, -0.2) is 4.98 Å². The molecule has 0 saturated carbocycles. The van der Waals surface area contributed by atoms with Gasteiger partial charge in [-0.15, -0.1) is 0 Å². The molecule has 0 aliphatic rings. The van der Waals surface area contributed by atoms with E-state index < -0.39 is 0 Å². The summed E-state index contributed by atoms with van der Waals surface area (Å²) in [6.45, 7) is 7.26. The van der Waals surface area contributed by atoms with E-state index in [1.54, 1.807) is 11.8 Å². The van der Waals surface area contributed by atoms with Gasteiger partial charge in [-0.2, -0.15) is 0 Å². The summed E-state index contributed by atoms with van der Waals surface area (Å²) in [5.41, 5.74) is 5.05. The van der Waals surface area contributed by atoms with Crippen LogP contribution in [0.25, 0.3) is 0 Å². The molecule has 0 aliphatic carbocycles. The molecule has 0 saturated heterocycles. The molecule has 1 aromatic heterocycles. The highest BCUT2D eigenvalue weighted by molar-refractivity contribution is 7.99. The molecule has 0 fully saturated rings. The lowest BCUT2D eigenvalue weighted by Gasteiger charge is -2.09. The SMILES string of the molecule is CNCc1cnc(Sc2cc(C)ccc2C)c(C)c1. The fourth-order valence-corrected chi connectivity index (χ4v) is 2.96. The van der Waals surface area contributed by atoms with Crippen LogP contribution in [0.3, 0.4) is 0 Å². The van der Waals surface area contributed by atoms with Crippen molar-refractivity contribution < 1.29 is 0 Å². The largest absolute Gasteiger partial charge is 0.316 e. The van der Waals surface area contributed by atoms with Crippen molar-refractivity contribution in [2.45, 2.75) is 37.2 Å². The van der Waals surface area contributed by atoms with E-state index in [0.29, 0.717) is 0 Å². The quantitative estimate of drug-likeness (QED) is 0.914. The molecule has 19 heavy (non-hydrogen) atoms. The maximum Gasteiger partial charge on any atom is 0.104 e. The van der Waals surface area contributed by atoms with Crippen LogP contribution in [0.4, 0.5) is 0 Å². The normalized spacial score (nSPS) is 10.7. The molecule has 1 aromatic carbocycles. The van der Waals surface area contributed by atoms with Crippen LogP contribution >= 0.6 is 11.8 Å². The molecule has 2 rings (SSSR count). The molecule has 1 N–H and O–H groups in total. The van der Waals surface area contributed by atoms with E-state index >= 15 is 0 Å². The number of hydrogen-bond acceptors (Lipinski definition) is 3. The fraction of sp³-hybridized carbons (Fsp3) is 0.312. The molecule has 0 aliphatic heterocycles. The van der Waals surface area contributed by atoms with Gasteiger partial charge in [0.05, 0.1) is 0 Å². The Bertz CT molecular complexity index is 579. The summed E-state index contributed by atoms with van der Waals surface area (Å²) in [5, 5.41) is 4.24. The van der Waals surface area contributed by atoms with Crippen LogP contribution in [0.15, 0.2) is 40.4 Å². The van der Waals surface area contributed by atoms with Gasteiger partial charge in [0.15, 0.2) is 0 Å². The van der Waals surface area contributed by atoms with Gasteiger partial charge in [0, 0.05) is 17.6 Å². The molecule has 0 spiro atoms. The van der Waals surface area contributed by atoms with E-state index in [4.69, 9.17) is 0 Å². The summed E-state index contributed by atoms with van der Waals surface area (Å²) < 4.78 is 0. The zero-order valence-corrected chi connectivity index (χ0v) is 12.8. The molecule has 100 valence electrons. The Labute approximate surface area is 119 Å². The number of aryl methyl sites for hydroxylation is 3. The minimum atomic E-state index is 0.863. The van der Waals surface area contributed by atoms with E-state index in [1.165, 1.54) is 27.1 Å². The lowest BCUT2D eigenvalue weighted by Crippen LogP contribution is -2.05. The van der Waals surface area contributed by atoms with Crippen molar-refractivity contribution >= 4 is 11.8 Å². The summed E-state index contributed by atoms with van der Waals surface area (Å²) in [5.74, 6) is 0. The molecule has 3 heteroatoms. The van der Waals surface area contributed by atoms with E-state index in [2.05, 4.69) is 55.3 Å². The van der Waals surface area contributed by atoms with Crippen molar-refractivity contribution in [2.24, 2.45) is 0 Å². The predicted octanol–water partition coefficient (Wildman–Crippen LogP) is 3.88. The van der Waals surface area contributed by atoms with Crippen LogP contribution < -0.4 is 5.32 Å². The van der Waals surface area contributed by atoms with Gasteiger partial charge in [0.1, 0.15) is 5.03 Å². The Hall–Kier alpha value is -1.32. The number of nitrogens with one attached hydrogen (secondary N) is 1. The first-order valence-electron chi connectivity index (χ1n) is 6.45. The minimum Gasteiger partial charge on any atom is -0.316 e. The number of hydrogen-bond donors (Lipinski definition) is 1. The van der Waals surface area contributed by atoms with Gasteiger partial charge in [0.25, 0.3) is 0 Å². The first-order valence-corrected chi connectivity index (χ1v) is 7.27. The van der Waals surface area contributed by atoms with Crippen molar-refractivity contribution in [3.63, 3.8) is 0 Å². The zero-order chi connectivity index (χ0) is 13.8. The summed E-state index contributed by atoms with van der Waals surface area (Å²) >= 11 is 1.75. The first kappa shape index (κ1) is 14.1. The van der Waals surface area contributed by atoms with E-state index in [1.807, 2.05) is 13.2 Å². The third-order valence-electron chi connectivity index (χ3n) is 3.02. The highest BCUT2D eigenvalue weighted by Crippen LogP contribution is 2.31. The van der Waals surface area contributed by atoms with Crippen LogP contribution in [0.1, 0.15) is 22.3 Å². The van der Waals surface area contributed by atoms with Crippen molar-refractivity contribution in [1.82, 2.24) is 10.3 Å². The van der Waals surface area contributed by atoms with Crippen molar-refractivity contribution in [3.8, 4) is 0 Å². The standard InChI is InChI=1S/C16H20N2S/c1-11-5-6-12(2)15(7-11)19-16-13(3)8-14(9-17-4)10-18-16/h5-8,10,17H,9H2,1-4H3. The van der Waals surface area contributed by atoms with Crippen LogP contribution in [-0.4, -0.2) is 12.0 Å². The summed E-state index contributed by atoms with van der Waals surface area (Å²) in [6.07, 6.45) is 1.96. The summed E-state index contributed by atoms with van der Waals surface area (Å²) in [6, 6.07) is 8.75. The predicted molar refractivity (Wildman–Crippen MR) is 81.8 cm³/mol. The second-order valence-electron chi connectivity index (χ2n) is 4.87. The van der Waals surface area contributed by atoms with Crippen LogP contribution in [0.5, 0.6) is 0 Å². The zero-order valence-electron chi connectivity index (χ0n) is 11.9. The molecule has 0 amide bonds. The highest BCUT2D eigenvalue weighted by atomic mass is 32.2. The third kappa shape index (κ3) is 3.58. The Morgan fingerprint density at radius 3 is 2.58 bits per heavy atom. The minimum absolute atomic E-state index is 0.863. The van der Waals surface area contributed by atoms with Gasteiger partial charge in [-0.1, -0.05) is 30.0 Å². The van der Waals surface area contributed by atoms with E-state index in [-0.39, 0.29) is 0 Å². The van der Waals surface area contributed by atoms with Gasteiger partial charge in [0.2, 0.25) is 0 Å². The number of aromatic nitrogens is 1. The lowest BCUT2D eigenvalue weighted by atomic mass is 10.2. The molecule has 2 nitrogen and oxygen atoms in total. The van der Waals surface area contributed by atoms with Gasteiger partial charge in [-0.05, 0) is 56.1 Å². The lowest BCUT2D eigenvalue weighted by molar-refractivity contribution is 0.806. The topological polar surface area (TPSA) is 24.9 Å². The molecule has 1 heterocycles. The average molecular weight is 272 g/mol. The smallest absolute Gasteiger partial charge is 0.104 e. The molecular formula is C16H20N2S. The maximum atomic E-state index is 4.59. The number of nitrogens with zero attached hydrogens (tertiary/aromatic N) is 1. The highest BCUT2D eigenvalue weighted by Gasteiger charge is 2.06. The second kappa shape index (κ2) is 6.22. The monoisotopic (exact) mass is 272 g/mol. The third-order valence-corrected chi connectivity index (χ3v) is 4.30. The Balaban J connectivity index is 2.25. The number of benzene rings is 1. The molecule has 0 bridgehead atoms. The second-order valence-corrected chi connectivity index (χ2v) is 5.90. The van der Waals surface area contributed by atoms with Crippen LogP contribution in [0.2, 0.25) is 0 Å². The molecule has 0 unspecified atom stereocenters. The number of rotatable bonds is 4. The maximum absolute atomic E-state index is 4.59. The average Bonchev–Trinajstić information content (AvgIpc) is 2.37. The Morgan fingerprint density at radius 2 is 1.89 bits per heavy atom. The number of pyridine rings is 1. The Morgan fingerprint density at radius 1 is 1.11 bits per heavy atom.